The SMILES string of the molecule is CC.COCCCn1c(=O)nc(-c2ccc(N3CCN(C(C)C)CC3)s2)c2oc3ccc(Cl)cc3c21. The van der Waals surface area contributed by atoms with Gasteiger partial charge in [0.25, 0.3) is 0 Å². The molecule has 194 valence electrons. The van der Waals surface area contributed by atoms with E-state index in [9.17, 15) is 4.79 Å². The molecule has 36 heavy (non-hydrogen) atoms. The number of thiophene rings is 1. The van der Waals surface area contributed by atoms with Gasteiger partial charge in [-0.05, 0) is 50.6 Å². The zero-order chi connectivity index (χ0) is 25.8. The van der Waals surface area contributed by atoms with Gasteiger partial charge < -0.3 is 14.1 Å². The highest BCUT2D eigenvalue weighted by Gasteiger charge is 2.23. The molecule has 0 radical (unpaired) electrons. The lowest BCUT2D eigenvalue weighted by molar-refractivity contribution is 0.190. The fourth-order valence-electron chi connectivity index (χ4n) is 4.61. The van der Waals surface area contributed by atoms with Crippen molar-refractivity contribution < 1.29 is 9.15 Å². The van der Waals surface area contributed by atoms with Crippen LogP contribution in [0.5, 0.6) is 0 Å². The van der Waals surface area contributed by atoms with Gasteiger partial charge >= 0.3 is 5.69 Å². The van der Waals surface area contributed by atoms with Crippen molar-refractivity contribution in [2.24, 2.45) is 0 Å². The van der Waals surface area contributed by atoms with E-state index in [2.05, 4.69) is 34.7 Å². The first-order chi connectivity index (χ1) is 17.5. The summed E-state index contributed by atoms with van der Waals surface area (Å²) in [5.74, 6) is 0. The molecule has 0 atom stereocenters. The average Bonchev–Trinajstić information content (AvgIpc) is 3.52. The Morgan fingerprint density at radius 2 is 1.89 bits per heavy atom. The molecular weight excluding hydrogens is 496 g/mol. The Morgan fingerprint density at radius 1 is 1.14 bits per heavy atom. The van der Waals surface area contributed by atoms with Gasteiger partial charge in [0.05, 0.1) is 9.88 Å². The largest absolute Gasteiger partial charge is 0.452 e. The number of piperazine rings is 1. The Bertz CT molecular complexity index is 1370. The van der Waals surface area contributed by atoms with E-state index in [1.54, 1.807) is 29.1 Å². The third-order valence-electron chi connectivity index (χ3n) is 6.46. The van der Waals surface area contributed by atoms with Crippen LogP contribution in [0.15, 0.2) is 39.5 Å². The molecule has 1 aromatic carbocycles. The number of halogens is 1. The zero-order valence-corrected chi connectivity index (χ0v) is 23.3. The number of methoxy groups -OCH3 is 1. The fraction of sp³-hybridized carbons (Fsp3) is 0.481. The van der Waals surface area contributed by atoms with Gasteiger partial charge in [-0.15, -0.1) is 11.3 Å². The van der Waals surface area contributed by atoms with Crippen molar-refractivity contribution in [3.8, 4) is 10.6 Å². The summed E-state index contributed by atoms with van der Waals surface area (Å²) in [6, 6.07) is 10.2. The molecule has 0 spiro atoms. The highest BCUT2D eigenvalue weighted by atomic mass is 35.5. The summed E-state index contributed by atoms with van der Waals surface area (Å²) >= 11 is 7.96. The molecule has 4 heterocycles. The van der Waals surface area contributed by atoms with Gasteiger partial charge in [0, 0.05) is 62.9 Å². The van der Waals surface area contributed by atoms with Crippen LogP contribution in [0.1, 0.15) is 34.1 Å². The van der Waals surface area contributed by atoms with Crippen LogP contribution < -0.4 is 10.6 Å². The van der Waals surface area contributed by atoms with Crippen LogP contribution in [0.2, 0.25) is 5.02 Å². The van der Waals surface area contributed by atoms with Gasteiger partial charge in [-0.3, -0.25) is 9.47 Å². The molecular formula is C27H35ClN4O3S. The summed E-state index contributed by atoms with van der Waals surface area (Å²) < 4.78 is 13.1. The second-order valence-corrected chi connectivity index (χ2v) is 10.4. The second-order valence-electron chi connectivity index (χ2n) is 8.92. The molecule has 0 bridgehead atoms. The molecule has 0 saturated carbocycles. The Kier molecular flexibility index (Phi) is 8.72. The maximum atomic E-state index is 13.2. The molecule has 5 rings (SSSR count). The number of fused-ring (bicyclic) bond motifs is 3. The molecule has 0 unspecified atom stereocenters. The van der Waals surface area contributed by atoms with E-state index in [1.165, 1.54) is 5.00 Å². The predicted octanol–water partition coefficient (Wildman–Crippen LogP) is 6.12. The second kappa shape index (κ2) is 11.8. The molecule has 1 saturated heterocycles. The lowest BCUT2D eigenvalue weighted by Gasteiger charge is -2.37. The number of benzene rings is 1. The van der Waals surface area contributed by atoms with Gasteiger partial charge in [-0.25, -0.2) is 4.79 Å². The van der Waals surface area contributed by atoms with Crippen molar-refractivity contribution in [1.29, 1.82) is 0 Å². The number of hydrogen-bond acceptors (Lipinski definition) is 7. The van der Waals surface area contributed by atoms with Gasteiger partial charge in [0.2, 0.25) is 0 Å². The molecule has 1 aliphatic heterocycles. The summed E-state index contributed by atoms with van der Waals surface area (Å²) in [5, 5.41) is 2.61. The molecule has 1 fully saturated rings. The van der Waals surface area contributed by atoms with Crippen molar-refractivity contribution in [3.63, 3.8) is 0 Å². The van der Waals surface area contributed by atoms with Crippen molar-refractivity contribution >= 4 is 50.0 Å². The number of ether oxygens (including phenoxy) is 1. The van der Waals surface area contributed by atoms with Crippen molar-refractivity contribution in [2.45, 2.75) is 46.7 Å². The lowest BCUT2D eigenvalue weighted by atomic mass is 10.2. The van der Waals surface area contributed by atoms with Crippen LogP contribution in [0.4, 0.5) is 5.00 Å². The van der Waals surface area contributed by atoms with Crippen LogP contribution in [-0.4, -0.2) is 60.4 Å². The van der Waals surface area contributed by atoms with Gasteiger partial charge in [0.1, 0.15) is 16.8 Å². The Balaban J connectivity index is 0.00000148. The first-order valence-corrected chi connectivity index (χ1v) is 13.9. The molecule has 9 heteroatoms. The number of hydrogen-bond donors (Lipinski definition) is 0. The Morgan fingerprint density at radius 3 is 2.58 bits per heavy atom. The average molecular weight is 531 g/mol. The molecule has 0 aliphatic carbocycles. The van der Waals surface area contributed by atoms with Crippen molar-refractivity contribution in [3.05, 3.63) is 45.8 Å². The number of aryl methyl sites for hydroxylation is 1. The van der Waals surface area contributed by atoms with Crippen LogP contribution >= 0.6 is 22.9 Å². The van der Waals surface area contributed by atoms with Crippen molar-refractivity contribution in [2.75, 3.05) is 44.8 Å². The number of anilines is 1. The fourth-order valence-corrected chi connectivity index (χ4v) is 5.83. The van der Waals surface area contributed by atoms with Crippen LogP contribution in [-0.2, 0) is 11.3 Å². The maximum absolute atomic E-state index is 13.2. The van der Waals surface area contributed by atoms with E-state index in [1.807, 2.05) is 32.0 Å². The monoisotopic (exact) mass is 530 g/mol. The zero-order valence-electron chi connectivity index (χ0n) is 21.7. The predicted molar refractivity (Wildman–Crippen MR) is 151 cm³/mol. The number of furan rings is 1. The summed E-state index contributed by atoms with van der Waals surface area (Å²) in [6.45, 7) is 13.6. The van der Waals surface area contributed by atoms with E-state index in [0.717, 1.165) is 42.0 Å². The molecule has 7 nitrogen and oxygen atoms in total. The number of aromatic nitrogens is 2. The summed E-state index contributed by atoms with van der Waals surface area (Å²) in [5.41, 5.74) is 2.35. The molecule has 0 amide bonds. The van der Waals surface area contributed by atoms with Gasteiger partial charge in [-0.1, -0.05) is 25.4 Å². The topological polar surface area (TPSA) is 63.7 Å². The summed E-state index contributed by atoms with van der Waals surface area (Å²) in [4.78, 5) is 23.5. The third-order valence-corrected chi connectivity index (χ3v) is 7.85. The van der Waals surface area contributed by atoms with E-state index < -0.39 is 0 Å². The number of nitrogens with zero attached hydrogens (tertiary/aromatic N) is 4. The maximum Gasteiger partial charge on any atom is 0.348 e. The highest BCUT2D eigenvalue weighted by molar-refractivity contribution is 7.19. The molecule has 3 aromatic heterocycles. The quantitative estimate of drug-likeness (QED) is 0.268. The van der Waals surface area contributed by atoms with Crippen molar-refractivity contribution in [1.82, 2.24) is 14.5 Å². The van der Waals surface area contributed by atoms with E-state index >= 15 is 0 Å². The first-order valence-electron chi connectivity index (χ1n) is 12.7. The van der Waals surface area contributed by atoms with Gasteiger partial charge in [-0.2, -0.15) is 4.98 Å². The summed E-state index contributed by atoms with van der Waals surface area (Å²) in [6.07, 6.45) is 0.700. The minimum absolute atomic E-state index is 0.290. The molecule has 4 aromatic rings. The number of rotatable bonds is 7. The standard InChI is InChI=1S/C25H29ClN4O3S.C2H6/c1-16(2)28-10-12-29(13-11-28)21-8-7-20(34-21)22-24-23(18-15-17(26)5-6-19(18)33-24)30(25(31)27-22)9-4-14-32-3;1-2/h5-8,15-16H,4,9-14H2,1-3H3;1-2H3. The third kappa shape index (κ3) is 5.32. The van der Waals surface area contributed by atoms with E-state index in [4.69, 9.17) is 20.8 Å². The minimum atomic E-state index is -0.290. The van der Waals surface area contributed by atoms with Crippen LogP contribution in [0, 0.1) is 0 Å². The van der Waals surface area contributed by atoms with E-state index in [-0.39, 0.29) is 5.69 Å². The lowest BCUT2D eigenvalue weighted by Crippen LogP contribution is -2.48. The van der Waals surface area contributed by atoms with E-state index in [0.29, 0.717) is 47.5 Å². The molecule has 1 aliphatic rings. The smallest absolute Gasteiger partial charge is 0.348 e. The highest BCUT2D eigenvalue weighted by Crippen LogP contribution is 2.39. The van der Waals surface area contributed by atoms with Gasteiger partial charge in [0.15, 0.2) is 5.58 Å². The summed E-state index contributed by atoms with van der Waals surface area (Å²) in [7, 11) is 1.66. The molecule has 0 N–H and O–H groups in total. The first kappa shape index (κ1) is 26.7. The van der Waals surface area contributed by atoms with Crippen LogP contribution in [0.25, 0.3) is 32.6 Å². The normalized spacial score (nSPS) is 14.6. The Labute approximate surface area is 221 Å². The Hall–Kier alpha value is -2.39. The minimum Gasteiger partial charge on any atom is -0.452 e. The van der Waals surface area contributed by atoms with Crippen LogP contribution in [0.3, 0.4) is 0 Å².